The number of imidazole rings is 1. The maximum absolute atomic E-state index is 6.49. The second kappa shape index (κ2) is 10.2. The molecule has 6 nitrogen and oxygen atoms in total. The lowest BCUT2D eigenvalue weighted by molar-refractivity contribution is 0.387. The highest BCUT2D eigenvalue weighted by molar-refractivity contribution is 8.79. The molecule has 0 bridgehead atoms. The summed E-state index contributed by atoms with van der Waals surface area (Å²) < 4.78 is 1.57. The van der Waals surface area contributed by atoms with E-state index in [1.165, 1.54) is 5.01 Å². The van der Waals surface area contributed by atoms with Crippen molar-refractivity contribution in [3.8, 4) is 11.3 Å². The van der Waals surface area contributed by atoms with Gasteiger partial charge in [0.1, 0.15) is 16.5 Å². The largest absolute Gasteiger partial charge is 0.396 e. The lowest BCUT2D eigenvalue weighted by Crippen LogP contribution is -2.26. The van der Waals surface area contributed by atoms with Gasteiger partial charge in [-0.3, -0.25) is 0 Å². The van der Waals surface area contributed by atoms with Crippen molar-refractivity contribution in [2.45, 2.75) is 11.4 Å². The minimum atomic E-state index is -2.57. The van der Waals surface area contributed by atoms with Crippen LogP contribution in [0.3, 0.4) is 0 Å². The molecule has 4 aromatic rings. The molecule has 178 valence electrons. The van der Waals surface area contributed by atoms with Gasteiger partial charge in [0.2, 0.25) is 0 Å². The molecule has 0 saturated carbocycles. The molecular weight excluding hydrogens is 581 g/mol. The van der Waals surface area contributed by atoms with Crippen molar-refractivity contribution in [3.05, 3.63) is 87.3 Å². The molecule has 0 saturated heterocycles. The SMILES string of the molecule is N/C(=C\N(N)Cc1ccc(Cl)c(S(Cl)(Cl)Cl)c1)c1c(-c2ccc(Cl)cc2)nc2ccc(Cl)nn12. The predicted octanol–water partition coefficient (Wildman–Crippen LogP) is 7.61. The molecule has 4 N–H and O–H groups in total. The van der Waals surface area contributed by atoms with Crippen LogP contribution in [0.5, 0.6) is 0 Å². The second-order valence-corrected chi connectivity index (χ2v) is 15.2. The number of hydrogen-bond donors (Lipinski definition) is 2. The van der Waals surface area contributed by atoms with Crippen LogP contribution >= 0.6 is 74.5 Å². The van der Waals surface area contributed by atoms with E-state index in [2.05, 4.69) is 10.1 Å². The molecule has 2 aromatic carbocycles. The summed E-state index contributed by atoms with van der Waals surface area (Å²) >= 11 is 18.4. The number of hydrazine groups is 1. The molecule has 0 radical (unpaired) electrons. The Kier molecular flexibility index (Phi) is 7.67. The first-order chi connectivity index (χ1) is 16.0. The van der Waals surface area contributed by atoms with Gasteiger partial charge in [-0.2, -0.15) is 5.10 Å². The van der Waals surface area contributed by atoms with Gasteiger partial charge in [-0.25, -0.2) is 15.3 Å². The van der Waals surface area contributed by atoms with Crippen LogP contribution in [0.1, 0.15) is 11.3 Å². The highest BCUT2D eigenvalue weighted by Gasteiger charge is 2.22. The summed E-state index contributed by atoms with van der Waals surface area (Å²) in [6.45, 7) is 0.270. The number of benzene rings is 2. The van der Waals surface area contributed by atoms with Crippen LogP contribution in [0.25, 0.3) is 22.6 Å². The fraction of sp³-hybridized carbons (Fsp3) is 0.0476. The predicted molar refractivity (Wildman–Crippen MR) is 145 cm³/mol. The summed E-state index contributed by atoms with van der Waals surface area (Å²) in [6, 6.07) is 15.8. The third kappa shape index (κ3) is 5.64. The van der Waals surface area contributed by atoms with Gasteiger partial charge in [-0.05, 0) is 74.0 Å². The molecule has 0 unspecified atom stereocenters. The fourth-order valence-corrected chi connectivity index (χ4v) is 6.11. The Morgan fingerprint density at radius 1 is 1.00 bits per heavy atom. The number of halogens is 6. The zero-order valence-electron chi connectivity index (χ0n) is 17.1. The highest BCUT2D eigenvalue weighted by atomic mass is 36.2. The topological polar surface area (TPSA) is 85.5 Å². The summed E-state index contributed by atoms with van der Waals surface area (Å²) in [4.78, 5) is 5.11. The molecule has 2 heterocycles. The van der Waals surface area contributed by atoms with Crippen LogP contribution in [0.2, 0.25) is 15.2 Å². The Balaban J connectivity index is 1.73. The van der Waals surface area contributed by atoms with Gasteiger partial charge in [-0.1, -0.05) is 53.0 Å². The van der Waals surface area contributed by atoms with Gasteiger partial charge >= 0.3 is 0 Å². The van der Waals surface area contributed by atoms with Crippen molar-refractivity contribution in [2.24, 2.45) is 11.6 Å². The van der Waals surface area contributed by atoms with E-state index in [4.69, 9.17) is 78.4 Å². The zero-order valence-corrected chi connectivity index (χ0v) is 22.5. The number of hydrogen-bond acceptors (Lipinski definition) is 5. The molecule has 34 heavy (non-hydrogen) atoms. The van der Waals surface area contributed by atoms with Gasteiger partial charge in [0, 0.05) is 29.4 Å². The van der Waals surface area contributed by atoms with Crippen LogP contribution in [0.15, 0.2) is 65.7 Å². The van der Waals surface area contributed by atoms with Crippen LogP contribution in [0, 0.1) is 0 Å². The Morgan fingerprint density at radius 3 is 2.38 bits per heavy atom. The van der Waals surface area contributed by atoms with E-state index in [-0.39, 0.29) is 11.7 Å². The van der Waals surface area contributed by atoms with Gasteiger partial charge in [-0.15, -0.1) is 0 Å². The van der Waals surface area contributed by atoms with Crippen molar-refractivity contribution in [1.82, 2.24) is 19.6 Å². The first-order valence-corrected chi connectivity index (χ1v) is 14.8. The first-order valence-electron chi connectivity index (χ1n) is 9.54. The Bertz CT molecular complexity index is 1380. The fourth-order valence-electron chi connectivity index (χ4n) is 3.30. The van der Waals surface area contributed by atoms with Crippen molar-refractivity contribution >= 4 is 85.9 Å². The van der Waals surface area contributed by atoms with Crippen LogP contribution in [-0.4, -0.2) is 19.6 Å². The van der Waals surface area contributed by atoms with E-state index in [1.54, 1.807) is 53.2 Å². The Labute approximate surface area is 225 Å². The maximum Gasteiger partial charge on any atom is 0.155 e. The Hall–Kier alpha value is -1.55. The maximum atomic E-state index is 6.49. The molecule has 0 aliphatic rings. The lowest BCUT2D eigenvalue weighted by Gasteiger charge is -2.20. The second-order valence-electron chi connectivity index (χ2n) is 7.17. The molecule has 0 aliphatic carbocycles. The average Bonchev–Trinajstić information content (AvgIpc) is 3.13. The monoisotopic (exact) mass is 594 g/mol. The van der Waals surface area contributed by atoms with E-state index < -0.39 is 7.67 Å². The minimum absolute atomic E-state index is 0.270. The quantitative estimate of drug-likeness (QED) is 0.177. The van der Waals surface area contributed by atoms with Crippen LogP contribution in [0.4, 0.5) is 0 Å². The third-order valence-electron chi connectivity index (χ3n) is 4.75. The number of rotatable bonds is 6. The molecule has 13 heteroatoms. The molecule has 0 aliphatic heterocycles. The van der Waals surface area contributed by atoms with Gasteiger partial charge in [0.15, 0.2) is 5.65 Å². The van der Waals surface area contributed by atoms with Crippen molar-refractivity contribution in [1.29, 1.82) is 0 Å². The smallest absolute Gasteiger partial charge is 0.155 e. The van der Waals surface area contributed by atoms with Crippen LogP contribution < -0.4 is 11.6 Å². The van der Waals surface area contributed by atoms with Gasteiger partial charge in [0.05, 0.1) is 17.3 Å². The minimum Gasteiger partial charge on any atom is -0.396 e. The van der Waals surface area contributed by atoms with E-state index in [9.17, 15) is 0 Å². The van der Waals surface area contributed by atoms with E-state index in [1.807, 2.05) is 12.1 Å². The summed E-state index contributed by atoms with van der Waals surface area (Å²) in [5, 5.41) is 7.03. The standard InChI is InChI=1S/C21H16Cl6N6S/c22-14-4-2-13(3-5-14)20-21(33-19(30-20)8-7-18(24)31-33)16(28)11-32(29)10-12-1-6-15(23)17(9-12)34(25,26)27/h1-9,11H,10,28-29H2/b16-11-. The summed E-state index contributed by atoms with van der Waals surface area (Å²) in [5.41, 5.74) is 10.1. The molecule has 4 rings (SSSR count). The molecule has 0 amide bonds. The highest BCUT2D eigenvalue weighted by Crippen LogP contribution is 2.70. The number of nitrogens with two attached hydrogens (primary N) is 2. The van der Waals surface area contributed by atoms with Gasteiger partial charge in [0.25, 0.3) is 0 Å². The summed E-state index contributed by atoms with van der Waals surface area (Å²) in [7, 11) is 15.7. The third-order valence-corrected chi connectivity index (χ3v) is 7.98. The molecule has 2 aromatic heterocycles. The lowest BCUT2D eigenvalue weighted by atomic mass is 10.1. The zero-order chi connectivity index (χ0) is 24.6. The number of fused-ring (bicyclic) bond motifs is 1. The van der Waals surface area contributed by atoms with Gasteiger partial charge < -0.3 is 10.7 Å². The van der Waals surface area contributed by atoms with E-state index in [0.717, 1.165) is 11.1 Å². The van der Waals surface area contributed by atoms with E-state index >= 15 is 0 Å². The van der Waals surface area contributed by atoms with Crippen molar-refractivity contribution in [2.75, 3.05) is 0 Å². The van der Waals surface area contributed by atoms with Crippen molar-refractivity contribution < 1.29 is 0 Å². The first kappa shape index (κ1) is 25.5. The number of nitrogens with zero attached hydrogens (tertiary/aromatic N) is 4. The molecule has 0 spiro atoms. The molecule has 0 fully saturated rings. The normalized spacial score (nSPS) is 12.9. The van der Waals surface area contributed by atoms with Crippen LogP contribution in [-0.2, 0) is 6.54 Å². The van der Waals surface area contributed by atoms with Crippen molar-refractivity contribution in [3.63, 3.8) is 0 Å². The average molecular weight is 597 g/mol. The summed E-state index contributed by atoms with van der Waals surface area (Å²) in [6.07, 6.45) is 1.57. The Morgan fingerprint density at radius 2 is 1.71 bits per heavy atom. The van der Waals surface area contributed by atoms with E-state index in [0.29, 0.717) is 37.7 Å². The summed E-state index contributed by atoms with van der Waals surface area (Å²) in [5.74, 6) is 6.25. The molecule has 0 atom stereocenters. The number of aromatic nitrogens is 3. The molecular formula is C21H16Cl6N6S.